The minimum Gasteiger partial charge on any atom is -0.491 e. The molecule has 0 aliphatic heterocycles. The third-order valence-corrected chi connectivity index (χ3v) is 6.32. The van der Waals surface area contributed by atoms with E-state index >= 15 is 0 Å². The summed E-state index contributed by atoms with van der Waals surface area (Å²) < 4.78 is 81.5. The lowest BCUT2D eigenvalue weighted by molar-refractivity contribution is -0.137. The van der Waals surface area contributed by atoms with Gasteiger partial charge < -0.3 is 14.2 Å². The first-order chi connectivity index (χ1) is 16.6. The van der Waals surface area contributed by atoms with Crippen LogP contribution in [0.15, 0.2) is 36.5 Å². The molecule has 2 aromatic rings. The van der Waals surface area contributed by atoms with Gasteiger partial charge >= 0.3 is 6.18 Å². The summed E-state index contributed by atoms with van der Waals surface area (Å²) in [5.74, 6) is 0.458. The zero-order chi connectivity index (χ0) is 25.9. The van der Waals surface area contributed by atoms with Gasteiger partial charge in [-0.2, -0.15) is 13.2 Å². The predicted molar refractivity (Wildman–Crippen MR) is 128 cm³/mol. The van der Waals surface area contributed by atoms with Gasteiger partial charge in [0.15, 0.2) is 0 Å². The van der Waals surface area contributed by atoms with Crippen LogP contribution in [0.3, 0.4) is 0 Å². The maximum atomic E-state index is 12.9. The van der Waals surface area contributed by atoms with Crippen molar-refractivity contribution in [3.05, 3.63) is 52.7 Å². The van der Waals surface area contributed by atoms with Crippen LogP contribution < -0.4 is 14.2 Å². The molecule has 0 aliphatic rings. The Morgan fingerprint density at radius 1 is 1.17 bits per heavy atom. The second-order valence-corrected chi connectivity index (χ2v) is 9.76. The lowest BCUT2D eigenvalue weighted by atomic mass is 10.1. The van der Waals surface area contributed by atoms with Crippen LogP contribution in [0.5, 0.6) is 17.4 Å². The standard InChI is InChI=1S/C23H28ClF3N2O5S/c1-3-4-5-13-35(30,31)29-10-6-7-17-8-9-19(33-12-11-32-2)15-21(17)34-22-20(24)14-18(16-28-22)23(25,26)27/h6-9,14-16,29H,3-5,10-13H2,1-2H3/b7-6+. The SMILES string of the molecule is CCCCCS(=O)(=O)NC/C=C/c1ccc(OCCOC)cc1Oc1ncc(C(F)(F)F)cc1Cl. The van der Waals surface area contributed by atoms with Crippen LogP contribution in [0.25, 0.3) is 6.08 Å². The Hall–Kier alpha value is -2.34. The Balaban J connectivity index is 2.21. The van der Waals surface area contributed by atoms with Crippen molar-refractivity contribution in [1.82, 2.24) is 9.71 Å². The highest BCUT2D eigenvalue weighted by atomic mass is 35.5. The first kappa shape index (κ1) is 28.9. The average molecular weight is 537 g/mol. The number of nitrogens with zero attached hydrogens (tertiary/aromatic N) is 1. The molecule has 35 heavy (non-hydrogen) atoms. The molecule has 2 rings (SSSR count). The van der Waals surface area contributed by atoms with E-state index in [4.69, 9.17) is 25.8 Å². The lowest BCUT2D eigenvalue weighted by Gasteiger charge is -2.13. The van der Waals surface area contributed by atoms with Crippen molar-refractivity contribution in [2.75, 3.05) is 32.6 Å². The Morgan fingerprint density at radius 3 is 2.60 bits per heavy atom. The molecule has 0 spiro atoms. The number of alkyl halides is 3. The van der Waals surface area contributed by atoms with Crippen molar-refractivity contribution in [3.63, 3.8) is 0 Å². The van der Waals surface area contributed by atoms with Crippen LogP contribution >= 0.6 is 11.6 Å². The Labute approximate surface area is 208 Å². The zero-order valence-corrected chi connectivity index (χ0v) is 21.0. The number of benzene rings is 1. The van der Waals surface area contributed by atoms with Crippen LogP contribution in [0, 0.1) is 0 Å². The summed E-state index contributed by atoms with van der Waals surface area (Å²) in [5.41, 5.74) is -0.495. The molecule has 0 bridgehead atoms. The topological polar surface area (TPSA) is 86.8 Å². The highest BCUT2D eigenvalue weighted by Gasteiger charge is 2.32. The van der Waals surface area contributed by atoms with Gasteiger partial charge in [-0.3, -0.25) is 0 Å². The van der Waals surface area contributed by atoms with E-state index in [9.17, 15) is 21.6 Å². The Kier molecular flexibility index (Phi) is 11.3. The summed E-state index contributed by atoms with van der Waals surface area (Å²) in [4.78, 5) is 3.70. The number of methoxy groups -OCH3 is 1. The molecule has 194 valence electrons. The first-order valence-corrected chi connectivity index (χ1v) is 12.9. The van der Waals surface area contributed by atoms with E-state index in [1.807, 2.05) is 6.92 Å². The zero-order valence-electron chi connectivity index (χ0n) is 19.4. The molecular weight excluding hydrogens is 509 g/mol. The van der Waals surface area contributed by atoms with E-state index in [1.54, 1.807) is 24.3 Å². The van der Waals surface area contributed by atoms with Gasteiger partial charge in [0.05, 0.1) is 17.9 Å². The first-order valence-electron chi connectivity index (χ1n) is 10.9. The smallest absolute Gasteiger partial charge is 0.417 e. The molecule has 0 saturated heterocycles. The van der Waals surface area contributed by atoms with Crippen LogP contribution in [-0.2, 0) is 20.9 Å². The fraction of sp³-hybridized carbons (Fsp3) is 0.435. The second kappa shape index (κ2) is 13.7. The number of nitrogens with one attached hydrogen (secondary N) is 1. The fourth-order valence-corrected chi connectivity index (χ4v) is 4.09. The van der Waals surface area contributed by atoms with Gasteiger partial charge in [0.25, 0.3) is 0 Å². The molecule has 7 nitrogen and oxygen atoms in total. The lowest BCUT2D eigenvalue weighted by Crippen LogP contribution is -2.26. The summed E-state index contributed by atoms with van der Waals surface area (Å²) in [6, 6.07) is 5.58. The van der Waals surface area contributed by atoms with Crippen molar-refractivity contribution in [3.8, 4) is 17.4 Å². The molecule has 0 amide bonds. The number of unbranched alkanes of at least 4 members (excludes halogenated alkanes) is 2. The maximum Gasteiger partial charge on any atom is 0.417 e. The van der Waals surface area contributed by atoms with Gasteiger partial charge in [0.1, 0.15) is 23.1 Å². The number of ether oxygens (including phenoxy) is 3. The van der Waals surface area contributed by atoms with Gasteiger partial charge in [0.2, 0.25) is 15.9 Å². The molecule has 0 radical (unpaired) electrons. The summed E-state index contributed by atoms with van der Waals surface area (Å²) in [7, 11) is -1.86. The number of halogens is 4. The molecule has 1 N–H and O–H groups in total. The molecule has 0 saturated carbocycles. The summed E-state index contributed by atoms with van der Waals surface area (Å²) in [6.45, 7) is 2.66. The normalized spacial score (nSPS) is 12.3. The van der Waals surface area contributed by atoms with Gasteiger partial charge in [-0.15, -0.1) is 0 Å². The minimum atomic E-state index is -4.60. The van der Waals surface area contributed by atoms with Crippen LogP contribution in [0.2, 0.25) is 5.02 Å². The van der Waals surface area contributed by atoms with E-state index in [1.165, 1.54) is 13.2 Å². The molecule has 0 unspecified atom stereocenters. The minimum absolute atomic E-state index is 0.0502. The number of hydrogen-bond acceptors (Lipinski definition) is 6. The van der Waals surface area contributed by atoms with E-state index in [2.05, 4.69) is 9.71 Å². The number of aromatic nitrogens is 1. The largest absolute Gasteiger partial charge is 0.491 e. The van der Waals surface area contributed by atoms with Crippen LogP contribution in [-0.4, -0.2) is 46.0 Å². The molecule has 1 heterocycles. The number of sulfonamides is 1. The molecular formula is C23H28ClF3N2O5S. The summed E-state index contributed by atoms with van der Waals surface area (Å²) in [6.07, 6.45) is 1.57. The molecule has 1 aromatic heterocycles. The Morgan fingerprint density at radius 2 is 1.94 bits per heavy atom. The van der Waals surface area contributed by atoms with Gasteiger partial charge in [-0.05, 0) is 24.6 Å². The number of rotatable bonds is 14. The van der Waals surface area contributed by atoms with Crippen molar-refractivity contribution >= 4 is 27.7 Å². The van der Waals surface area contributed by atoms with E-state index in [-0.39, 0.29) is 35.6 Å². The highest BCUT2D eigenvalue weighted by molar-refractivity contribution is 7.89. The van der Waals surface area contributed by atoms with Gasteiger partial charge in [-0.25, -0.2) is 18.1 Å². The van der Waals surface area contributed by atoms with Crippen molar-refractivity contribution in [2.24, 2.45) is 0 Å². The molecule has 1 aromatic carbocycles. The van der Waals surface area contributed by atoms with Crippen molar-refractivity contribution in [1.29, 1.82) is 0 Å². The summed E-state index contributed by atoms with van der Waals surface area (Å²) in [5, 5.41) is -0.319. The average Bonchev–Trinajstić information content (AvgIpc) is 2.78. The van der Waals surface area contributed by atoms with E-state index in [0.29, 0.717) is 30.5 Å². The van der Waals surface area contributed by atoms with Crippen LogP contribution in [0.1, 0.15) is 37.3 Å². The van der Waals surface area contributed by atoms with Crippen LogP contribution in [0.4, 0.5) is 13.2 Å². The van der Waals surface area contributed by atoms with E-state index < -0.39 is 21.8 Å². The van der Waals surface area contributed by atoms with Crippen molar-refractivity contribution in [2.45, 2.75) is 32.4 Å². The number of pyridine rings is 1. The fourth-order valence-electron chi connectivity index (χ4n) is 2.81. The third kappa shape index (κ3) is 10.0. The molecule has 0 aliphatic carbocycles. The third-order valence-electron chi connectivity index (χ3n) is 4.62. The molecule has 12 heteroatoms. The van der Waals surface area contributed by atoms with E-state index in [0.717, 1.165) is 18.9 Å². The molecule has 0 atom stereocenters. The Bertz CT molecular complexity index is 1100. The second-order valence-electron chi connectivity index (χ2n) is 7.43. The summed E-state index contributed by atoms with van der Waals surface area (Å²) >= 11 is 5.98. The maximum absolute atomic E-state index is 12.9. The van der Waals surface area contributed by atoms with Gasteiger partial charge in [0, 0.05) is 31.5 Å². The molecule has 0 fully saturated rings. The monoisotopic (exact) mass is 536 g/mol. The highest BCUT2D eigenvalue weighted by Crippen LogP contribution is 2.36. The van der Waals surface area contributed by atoms with Crippen molar-refractivity contribution < 1.29 is 35.8 Å². The number of hydrogen-bond donors (Lipinski definition) is 1. The quantitative estimate of drug-likeness (QED) is 0.312. The van der Waals surface area contributed by atoms with Gasteiger partial charge in [-0.1, -0.05) is 43.5 Å². The predicted octanol–water partition coefficient (Wildman–Crippen LogP) is 5.69.